The number of rotatable bonds is 18. The topological polar surface area (TPSA) is 18.5 Å². The maximum atomic E-state index is 5.95. The zero-order valence-electron chi connectivity index (χ0n) is 16.4. The van der Waals surface area contributed by atoms with E-state index in [9.17, 15) is 0 Å². The number of ether oxygens (including phenoxy) is 2. The van der Waals surface area contributed by atoms with Crippen molar-refractivity contribution in [2.24, 2.45) is 0 Å². The third-order valence-corrected chi connectivity index (χ3v) is 4.04. The Bertz CT molecular complexity index is 184. The fourth-order valence-electron chi connectivity index (χ4n) is 2.54. The average Bonchev–Trinajstić information content (AvgIpc) is 2.53. The van der Waals surface area contributed by atoms with Gasteiger partial charge in [-0.15, -0.1) is 0 Å². The first kappa shape index (κ1) is 25.8. The van der Waals surface area contributed by atoms with Crippen LogP contribution in [0, 0.1) is 6.92 Å². The summed E-state index contributed by atoms with van der Waals surface area (Å²) in [5.41, 5.74) is 0. The van der Waals surface area contributed by atoms with E-state index >= 15 is 0 Å². The number of hydrogen-bond acceptors (Lipinski definition) is 2. The summed E-state index contributed by atoms with van der Waals surface area (Å²) in [4.78, 5) is 0. The second-order valence-corrected chi connectivity index (χ2v) is 6.35. The van der Waals surface area contributed by atoms with Crippen LogP contribution in [0.5, 0.6) is 0 Å². The summed E-state index contributed by atoms with van der Waals surface area (Å²) in [6.45, 7) is 10.1. The molecular weight excluding hydrogens is 279 g/mol. The van der Waals surface area contributed by atoms with E-state index in [1.54, 1.807) is 0 Å². The molecule has 0 heterocycles. The summed E-state index contributed by atoms with van der Waals surface area (Å²) in [6, 6.07) is 0. The quantitative estimate of drug-likeness (QED) is 0.166. The van der Waals surface area contributed by atoms with Gasteiger partial charge >= 0.3 is 18.9 Å². The Kier molecular flexibility index (Phi) is 25.2. The third-order valence-electron chi connectivity index (χ3n) is 4.04. The summed E-state index contributed by atoms with van der Waals surface area (Å²) < 4.78 is 11.9. The molecule has 23 heavy (non-hydrogen) atoms. The molecule has 0 aromatic heterocycles. The molecule has 2 nitrogen and oxygen atoms in total. The normalized spacial score (nSPS) is 11.0. The van der Waals surface area contributed by atoms with E-state index in [1.807, 2.05) is 0 Å². The van der Waals surface area contributed by atoms with Gasteiger partial charge in [0.2, 0.25) is 0 Å². The molecule has 0 N–H and O–H groups in total. The van der Waals surface area contributed by atoms with Crippen LogP contribution in [0.15, 0.2) is 0 Å². The van der Waals surface area contributed by atoms with Crippen LogP contribution < -0.4 is 18.9 Å². The third kappa shape index (κ3) is 20.5. The van der Waals surface area contributed by atoms with Gasteiger partial charge in [0.15, 0.2) is 6.29 Å². The minimum Gasteiger partial charge on any atom is -0.353 e. The summed E-state index contributed by atoms with van der Waals surface area (Å²) in [7, 11) is 0. The Labute approximate surface area is 158 Å². The predicted molar refractivity (Wildman–Crippen MR) is 97.0 cm³/mol. The summed E-state index contributed by atoms with van der Waals surface area (Å²) >= 11 is 0. The molecule has 0 saturated carbocycles. The second-order valence-electron chi connectivity index (χ2n) is 6.35. The maximum Gasteiger partial charge on any atom is 1.00 e. The minimum absolute atomic E-state index is 0. The molecule has 0 aliphatic rings. The number of hydrogen-bond donors (Lipinski definition) is 0. The Hall–Kier alpha value is 0.517. The van der Waals surface area contributed by atoms with E-state index < -0.39 is 0 Å². The molecule has 0 aromatic carbocycles. The molecule has 3 heteroatoms. The molecule has 0 atom stereocenters. The van der Waals surface area contributed by atoms with Gasteiger partial charge in [0.05, 0.1) is 0 Å². The molecule has 0 fully saturated rings. The van der Waals surface area contributed by atoms with E-state index in [0.29, 0.717) is 0 Å². The van der Waals surface area contributed by atoms with Gasteiger partial charge in [-0.3, -0.25) is 0 Å². The van der Waals surface area contributed by atoms with Gasteiger partial charge in [-0.25, -0.2) is 0 Å². The van der Waals surface area contributed by atoms with Crippen molar-refractivity contribution in [2.45, 2.75) is 110 Å². The van der Waals surface area contributed by atoms with Crippen molar-refractivity contribution < 1.29 is 28.3 Å². The van der Waals surface area contributed by atoms with Crippen molar-refractivity contribution in [3.63, 3.8) is 0 Å². The molecule has 0 saturated heterocycles. The van der Waals surface area contributed by atoms with Gasteiger partial charge in [-0.05, 0) is 19.3 Å². The Morgan fingerprint density at radius 2 is 1.13 bits per heavy atom. The Morgan fingerprint density at radius 3 is 1.57 bits per heavy atom. The minimum atomic E-state index is 0. The monoisotopic (exact) mass is 320 g/mol. The van der Waals surface area contributed by atoms with Crippen LogP contribution in [-0.4, -0.2) is 19.5 Å². The van der Waals surface area contributed by atoms with Crippen molar-refractivity contribution in [1.29, 1.82) is 0 Å². The molecule has 0 spiro atoms. The first-order valence-electron chi connectivity index (χ1n) is 9.87. The molecule has 0 aromatic rings. The second kappa shape index (κ2) is 22.5. The molecule has 0 aliphatic carbocycles. The van der Waals surface area contributed by atoms with Crippen molar-refractivity contribution in [1.82, 2.24) is 0 Å². The molecule has 134 valence electrons. The van der Waals surface area contributed by atoms with Crippen molar-refractivity contribution >= 4 is 0 Å². The fourth-order valence-corrected chi connectivity index (χ4v) is 2.54. The van der Waals surface area contributed by atoms with E-state index in [1.165, 1.54) is 77.0 Å². The van der Waals surface area contributed by atoms with Gasteiger partial charge < -0.3 is 16.4 Å². The van der Waals surface area contributed by atoms with Crippen LogP contribution in [0.1, 0.15) is 104 Å². The molecular formula is C20H41LiO2. The molecule has 0 unspecified atom stereocenters. The van der Waals surface area contributed by atoms with Crippen LogP contribution in [0.25, 0.3) is 0 Å². The van der Waals surface area contributed by atoms with Crippen molar-refractivity contribution in [2.75, 3.05) is 13.2 Å². The van der Waals surface area contributed by atoms with Gasteiger partial charge in [-0.1, -0.05) is 78.1 Å². The Morgan fingerprint density at radius 1 is 0.652 bits per heavy atom. The van der Waals surface area contributed by atoms with Crippen LogP contribution in [0.2, 0.25) is 0 Å². The van der Waals surface area contributed by atoms with Crippen molar-refractivity contribution in [3.8, 4) is 0 Å². The van der Waals surface area contributed by atoms with Crippen LogP contribution in [0.4, 0.5) is 0 Å². The standard InChI is InChI=1S/C20H41O2.Li/c1-4-7-10-12-15-18-21-20(17-14-9-6-3)22-19-16-13-11-8-5-2;/h20H,3-19H2,1-2H3;/q-1;+1. The van der Waals surface area contributed by atoms with E-state index in [0.717, 1.165) is 26.1 Å². The van der Waals surface area contributed by atoms with E-state index in [4.69, 9.17) is 9.47 Å². The zero-order chi connectivity index (χ0) is 16.3. The van der Waals surface area contributed by atoms with Gasteiger partial charge in [0, 0.05) is 13.2 Å². The predicted octanol–water partition coefficient (Wildman–Crippen LogP) is 3.68. The van der Waals surface area contributed by atoms with Gasteiger partial charge in [0.25, 0.3) is 0 Å². The largest absolute Gasteiger partial charge is 1.00 e. The first-order valence-corrected chi connectivity index (χ1v) is 9.87. The van der Waals surface area contributed by atoms with Crippen LogP contribution in [0.3, 0.4) is 0 Å². The van der Waals surface area contributed by atoms with Crippen LogP contribution in [-0.2, 0) is 9.47 Å². The maximum absolute atomic E-state index is 5.95. The molecule has 0 rings (SSSR count). The smallest absolute Gasteiger partial charge is 0.353 e. The van der Waals surface area contributed by atoms with E-state index in [2.05, 4.69) is 20.8 Å². The first-order chi connectivity index (χ1) is 10.8. The van der Waals surface area contributed by atoms with Gasteiger partial charge in [0.1, 0.15) is 0 Å². The molecule has 0 bridgehead atoms. The number of unbranched alkanes of at least 4 members (excludes halogenated alkanes) is 10. The average molecular weight is 320 g/mol. The molecule has 0 amide bonds. The summed E-state index contributed by atoms with van der Waals surface area (Å²) in [5.74, 6) is 0. The molecule has 0 aliphatic heterocycles. The molecule has 0 radical (unpaired) electrons. The fraction of sp³-hybridized carbons (Fsp3) is 0.950. The summed E-state index contributed by atoms with van der Waals surface area (Å²) in [5, 5.41) is 0. The van der Waals surface area contributed by atoms with Gasteiger partial charge in [-0.2, -0.15) is 6.42 Å². The van der Waals surface area contributed by atoms with Crippen molar-refractivity contribution in [3.05, 3.63) is 6.92 Å². The van der Waals surface area contributed by atoms with Crippen LogP contribution >= 0.6 is 0 Å². The Balaban J connectivity index is 0. The zero-order valence-corrected chi connectivity index (χ0v) is 16.4. The van der Waals surface area contributed by atoms with E-state index in [-0.39, 0.29) is 25.2 Å². The SMILES string of the molecule is [CH2-]CCCCC(OCCCCCCC)OCCCCCCC.[Li+]. The summed E-state index contributed by atoms with van der Waals surface area (Å²) in [6.07, 6.45) is 17.3.